The Morgan fingerprint density at radius 3 is 2.37 bits per heavy atom. The van der Waals surface area contributed by atoms with E-state index in [1.807, 2.05) is 54.6 Å². The first-order valence-corrected chi connectivity index (χ1v) is 9.96. The number of allylic oxidation sites excluding steroid dienone is 1. The standard InChI is InChI=1S/C26H29NO3/c1-4-23(19-8-6-5-7-9-19)26(21-12-15-24(28)25(18-21)29-3)20-10-13-22(14-11-20)30-17-16-27-2/h5-15,18,27-28H,4,16-17H2,1-3H3/b26-23+/i2D3. The molecule has 0 saturated heterocycles. The van der Waals surface area contributed by atoms with Gasteiger partial charge in [0.25, 0.3) is 0 Å². The maximum atomic E-state index is 10.1. The molecule has 0 aromatic heterocycles. The van der Waals surface area contributed by atoms with Crippen molar-refractivity contribution < 1.29 is 18.7 Å². The summed E-state index contributed by atoms with van der Waals surface area (Å²) in [7, 11) is 1.54. The van der Waals surface area contributed by atoms with E-state index >= 15 is 0 Å². The highest BCUT2D eigenvalue weighted by molar-refractivity contribution is 5.98. The number of phenolic OH excluding ortho intramolecular Hbond substituents is 1. The Kier molecular flexibility index (Phi) is 6.17. The van der Waals surface area contributed by atoms with Crippen molar-refractivity contribution in [3.63, 3.8) is 0 Å². The Balaban J connectivity index is 1.98. The minimum absolute atomic E-state index is 0.0905. The van der Waals surface area contributed by atoms with Crippen LogP contribution in [-0.2, 0) is 0 Å². The maximum Gasteiger partial charge on any atom is 0.161 e. The predicted octanol–water partition coefficient (Wildman–Crippen LogP) is 5.37. The summed E-state index contributed by atoms with van der Waals surface area (Å²) >= 11 is 0. The van der Waals surface area contributed by atoms with Crippen molar-refractivity contribution in [1.29, 1.82) is 0 Å². The molecule has 0 amide bonds. The zero-order valence-corrected chi connectivity index (χ0v) is 17.3. The van der Waals surface area contributed by atoms with Crippen molar-refractivity contribution >= 4 is 11.1 Å². The lowest BCUT2D eigenvalue weighted by molar-refractivity contribution is 0.318. The van der Waals surface area contributed by atoms with Crippen LogP contribution in [-0.4, -0.2) is 32.3 Å². The van der Waals surface area contributed by atoms with Gasteiger partial charge in [-0.25, -0.2) is 0 Å². The van der Waals surface area contributed by atoms with E-state index in [9.17, 15) is 5.11 Å². The minimum atomic E-state index is -2.17. The van der Waals surface area contributed by atoms with E-state index in [0.717, 1.165) is 28.7 Å². The van der Waals surface area contributed by atoms with Gasteiger partial charge in [-0.15, -0.1) is 0 Å². The number of nitrogens with one attached hydrogen (secondary N) is 1. The predicted molar refractivity (Wildman–Crippen MR) is 123 cm³/mol. The summed E-state index contributed by atoms with van der Waals surface area (Å²) in [6.07, 6.45) is 0.807. The number of ether oxygens (including phenoxy) is 2. The van der Waals surface area contributed by atoms with E-state index in [1.54, 1.807) is 6.07 Å². The molecule has 0 radical (unpaired) electrons. The SMILES string of the molecule is [2H]C([2H])([2H])NCCOc1ccc(/C(=C(/CC)c2ccccc2)c2ccc(O)c(OC)c2)cc1. The molecule has 2 N–H and O–H groups in total. The molecule has 0 aliphatic rings. The van der Waals surface area contributed by atoms with Gasteiger partial charge in [0.1, 0.15) is 12.4 Å². The lowest BCUT2D eigenvalue weighted by Crippen LogP contribution is -2.15. The van der Waals surface area contributed by atoms with Gasteiger partial charge in [0.15, 0.2) is 11.5 Å². The van der Waals surface area contributed by atoms with E-state index in [0.29, 0.717) is 11.5 Å². The molecule has 0 bridgehead atoms. The first kappa shape index (κ1) is 17.6. The molecule has 156 valence electrons. The van der Waals surface area contributed by atoms with Crippen molar-refractivity contribution in [3.8, 4) is 17.2 Å². The Bertz CT molecular complexity index is 1080. The van der Waals surface area contributed by atoms with Gasteiger partial charge in [0.2, 0.25) is 0 Å². The van der Waals surface area contributed by atoms with E-state index in [1.165, 1.54) is 12.7 Å². The lowest BCUT2D eigenvalue weighted by Gasteiger charge is -2.18. The van der Waals surface area contributed by atoms with Crippen LogP contribution in [0.5, 0.6) is 17.2 Å². The van der Waals surface area contributed by atoms with Crippen LogP contribution in [0.25, 0.3) is 11.1 Å². The van der Waals surface area contributed by atoms with Crippen LogP contribution >= 0.6 is 0 Å². The number of likely N-dealkylation sites (N-methyl/N-ethyl adjacent to an activating group) is 1. The van der Waals surface area contributed by atoms with Crippen molar-refractivity contribution in [1.82, 2.24) is 5.32 Å². The highest BCUT2D eigenvalue weighted by Crippen LogP contribution is 2.38. The van der Waals surface area contributed by atoms with Gasteiger partial charge >= 0.3 is 0 Å². The first-order chi connectivity index (χ1) is 15.8. The summed E-state index contributed by atoms with van der Waals surface area (Å²) in [6.45, 7) is 0.423. The molecule has 0 atom stereocenters. The summed E-state index contributed by atoms with van der Waals surface area (Å²) in [6, 6.07) is 23.3. The summed E-state index contributed by atoms with van der Waals surface area (Å²) in [5.74, 6) is 1.16. The fourth-order valence-electron chi connectivity index (χ4n) is 3.45. The number of rotatable bonds is 9. The Morgan fingerprint density at radius 1 is 0.967 bits per heavy atom. The molecule has 0 spiro atoms. The van der Waals surface area contributed by atoms with E-state index < -0.39 is 6.98 Å². The average Bonchev–Trinajstić information content (AvgIpc) is 2.81. The highest BCUT2D eigenvalue weighted by atomic mass is 16.5. The third kappa shape index (κ3) is 5.02. The van der Waals surface area contributed by atoms with Crippen LogP contribution in [0, 0.1) is 0 Å². The number of aromatic hydroxyl groups is 1. The van der Waals surface area contributed by atoms with Crippen molar-refractivity contribution in [3.05, 3.63) is 89.5 Å². The second-order valence-electron chi connectivity index (χ2n) is 6.76. The van der Waals surface area contributed by atoms with Gasteiger partial charge in [-0.3, -0.25) is 0 Å². The van der Waals surface area contributed by atoms with Gasteiger partial charge in [-0.1, -0.05) is 55.5 Å². The van der Waals surface area contributed by atoms with E-state index in [-0.39, 0.29) is 18.9 Å². The Hall–Kier alpha value is -3.24. The summed E-state index contributed by atoms with van der Waals surface area (Å²) in [5.41, 5.74) is 5.26. The smallest absolute Gasteiger partial charge is 0.161 e. The molecule has 3 rings (SSSR count). The normalized spacial score (nSPS) is 13.6. The second-order valence-corrected chi connectivity index (χ2v) is 6.76. The number of hydrogen-bond acceptors (Lipinski definition) is 4. The fourth-order valence-corrected chi connectivity index (χ4v) is 3.45. The van der Waals surface area contributed by atoms with Crippen LogP contribution in [0.15, 0.2) is 72.8 Å². The molecular weight excluding hydrogens is 374 g/mol. The molecule has 0 fully saturated rings. The average molecular weight is 407 g/mol. The van der Waals surface area contributed by atoms with Crippen molar-refractivity contribution in [2.45, 2.75) is 13.3 Å². The molecule has 4 nitrogen and oxygen atoms in total. The maximum absolute atomic E-state index is 10.1. The zero-order valence-electron chi connectivity index (χ0n) is 20.3. The quantitative estimate of drug-likeness (QED) is 0.371. The van der Waals surface area contributed by atoms with Gasteiger partial charge < -0.3 is 19.9 Å². The molecule has 3 aromatic carbocycles. The second kappa shape index (κ2) is 10.5. The Labute approximate surface area is 183 Å². The van der Waals surface area contributed by atoms with E-state index in [4.69, 9.17) is 13.6 Å². The van der Waals surface area contributed by atoms with Crippen LogP contribution < -0.4 is 14.8 Å². The van der Waals surface area contributed by atoms with Crippen molar-refractivity contribution in [2.24, 2.45) is 0 Å². The van der Waals surface area contributed by atoms with Crippen LogP contribution in [0.2, 0.25) is 0 Å². The minimum Gasteiger partial charge on any atom is -0.504 e. The summed E-state index contributed by atoms with van der Waals surface area (Å²) in [5, 5.41) is 12.5. The number of methoxy groups -OCH3 is 1. The lowest BCUT2D eigenvalue weighted by atomic mass is 9.88. The van der Waals surface area contributed by atoms with Gasteiger partial charge in [0, 0.05) is 10.7 Å². The molecule has 0 saturated carbocycles. The molecule has 3 aromatic rings. The fraction of sp³-hybridized carbons (Fsp3) is 0.231. The van der Waals surface area contributed by atoms with Gasteiger partial charge in [-0.05, 0) is 65.5 Å². The number of benzene rings is 3. The molecule has 30 heavy (non-hydrogen) atoms. The zero-order chi connectivity index (χ0) is 23.8. The summed E-state index contributed by atoms with van der Waals surface area (Å²) in [4.78, 5) is 0. The van der Waals surface area contributed by atoms with Crippen LogP contribution in [0.4, 0.5) is 0 Å². The number of hydrogen-bond donors (Lipinski definition) is 2. The Morgan fingerprint density at radius 2 is 1.70 bits per heavy atom. The molecule has 0 aliphatic carbocycles. The molecule has 0 heterocycles. The largest absolute Gasteiger partial charge is 0.504 e. The number of phenols is 1. The molecule has 0 aliphatic heterocycles. The topological polar surface area (TPSA) is 50.7 Å². The van der Waals surface area contributed by atoms with Crippen LogP contribution in [0.1, 0.15) is 34.1 Å². The summed E-state index contributed by atoms with van der Waals surface area (Å²) < 4.78 is 32.6. The highest BCUT2D eigenvalue weighted by Gasteiger charge is 2.15. The third-order valence-corrected chi connectivity index (χ3v) is 4.88. The molecule has 0 unspecified atom stereocenters. The molecule has 4 heteroatoms. The monoisotopic (exact) mass is 406 g/mol. The van der Waals surface area contributed by atoms with Gasteiger partial charge in [0.05, 0.1) is 7.11 Å². The van der Waals surface area contributed by atoms with E-state index in [2.05, 4.69) is 24.4 Å². The van der Waals surface area contributed by atoms with Crippen LogP contribution in [0.3, 0.4) is 0 Å². The molecular formula is C26H29NO3. The van der Waals surface area contributed by atoms with Gasteiger partial charge in [-0.2, -0.15) is 0 Å². The third-order valence-electron chi connectivity index (χ3n) is 4.88. The van der Waals surface area contributed by atoms with Crippen molar-refractivity contribution in [2.75, 3.05) is 27.2 Å². The first-order valence-electron chi connectivity index (χ1n) is 11.5.